The van der Waals surface area contributed by atoms with E-state index in [1.807, 2.05) is 11.4 Å². The highest BCUT2D eigenvalue weighted by Gasteiger charge is 2.18. The van der Waals surface area contributed by atoms with Crippen LogP contribution in [0, 0.1) is 0 Å². The maximum absolute atomic E-state index is 13.0. The molecule has 3 N–H and O–H groups in total. The molecule has 4 aromatic rings. The van der Waals surface area contributed by atoms with Gasteiger partial charge in [-0.2, -0.15) is 0 Å². The number of nitrogen functional groups attached to an aromatic ring is 1. The van der Waals surface area contributed by atoms with Crippen LogP contribution < -0.4 is 20.5 Å². The van der Waals surface area contributed by atoms with E-state index in [9.17, 15) is 9.59 Å². The number of rotatable bonds is 11. The molecule has 2 aromatic heterocycles. The molecule has 41 heavy (non-hydrogen) atoms. The standard InChI is InChI=1S/C30H32N4O6S/c1-2-38-30(36)25-17-32-28(31)26-21(19-41-27(25)26)18-40-24-8-4-6-22(16-24)33-29(35)20-5-3-7-23(15-20)39-14-11-34-9-12-37-13-10-34/h3-8,15-17,19H,2,9-14,18H2,1H3,(H2,31,32)(H,33,35). The van der Waals surface area contributed by atoms with E-state index in [0.29, 0.717) is 50.8 Å². The van der Waals surface area contributed by atoms with E-state index in [1.165, 1.54) is 17.5 Å². The van der Waals surface area contributed by atoms with Crippen LogP contribution in [0.1, 0.15) is 33.2 Å². The fraction of sp³-hybridized carbons (Fsp3) is 0.300. The van der Waals surface area contributed by atoms with Crippen LogP contribution >= 0.6 is 11.3 Å². The topological polar surface area (TPSA) is 125 Å². The van der Waals surface area contributed by atoms with Crippen molar-refractivity contribution >= 4 is 44.8 Å². The second-order valence-electron chi connectivity index (χ2n) is 9.34. The van der Waals surface area contributed by atoms with E-state index < -0.39 is 5.97 Å². The lowest BCUT2D eigenvalue weighted by Gasteiger charge is -2.26. The highest BCUT2D eigenvalue weighted by Crippen LogP contribution is 2.33. The fourth-order valence-corrected chi connectivity index (χ4v) is 5.53. The summed E-state index contributed by atoms with van der Waals surface area (Å²) in [7, 11) is 0. The predicted molar refractivity (Wildman–Crippen MR) is 158 cm³/mol. The van der Waals surface area contributed by atoms with Crippen LogP contribution in [0.15, 0.2) is 60.1 Å². The summed E-state index contributed by atoms with van der Waals surface area (Å²) in [4.78, 5) is 31.8. The largest absolute Gasteiger partial charge is 0.492 e. The van der Waals surface area contributed by atoms with Crippen LogP contribution in [0.5, 0.6) is 11.5 Å². The lowest BCUT2D eigenvalue weighted by molar-refractivity contribution is 0.0322. The summed E-state index contributed by atoms with van der Waals surface area (Å²) in [5.41, 5.74) is 8.41. The van der Waals surface area contributed by atoms with Crippen LogP contribution in [0.25, 0.3) is 10.1 Å². The average Bonchev–Trinajstić information content (AvgIpc) is 3.42. The van der Waals surface area contributed by atoms with E-state index in [1.54, 1.807) is 49.4 Å². The molecule has 0 bridgehead atoms. The fourth-order valence-electron chi connectivity index (χ4n) is 4.46. The van der Waals surface area contributed by atoms with Crippen molar-refractivity contribution in [3.63, 3.8) is 0 Å². The zero-order chi connectivity index (χ0) is 28.6. The molecule has 0 aliphatic carbocycles. The van der Waals surface area contributed by atoms with E-state index in [2.05, 4.69) is 15.2 Å². The van der Waals surface area contributed by atoms with Crippen molar-refractivity contribution in [1.29, 1.82) is 0 Å². The number of pyridine rings is 1. The molecule has 214 valence electrons. The predicted octanol–water partition coefficient (Wildman–Crippen LogP) is 4.60. The van der Waals surface area contributed by atoms with E-state index in [-0.39, 0.29) is 19.1 Å². The van der Waals surface area contributed by atoms with E-state index in [0.717, 1.165) is 38.4 Å². The van der Waals surface area contributed by atoms with Gasteiger partial charge in [-0.05, 0) is 42.6 Å². The van der Waals surface area contributed by atoms with Gasteiger partial charge in [-0.1, -0.05) is 12.1 Å². The minimum absolute atomic E-state index is 0.208. The summed E-state index contributed by atoms with van der Waals surface area (Å²) in [6.07, 6.45) is 1.44. The molecule has 1 saturated heterocycles. The lowest BCUT2D eigenvalue weighted by Crippen LogP contribution is -2.38. The Kier molecular flexibility index (Phi) is 9.29. The van der Waals surface area contributed by atoms with Gasteiger partial charge in [-0.3, -0.25) is 9.69 Å². The van der Waals surface area contributed by atoms with Gasteiger partial charge >= 0.3 is 5.97 Å². The second-order valence-corrected chi connectivity index (χ2v) is 10.2. The SMILES string of the molecule is CCOC(=O)c1cnc(N)c2c(COc3cccc(NC(=O)c4cccc(OCCN5CCOCC5)c4)c3)csc12. The molecule has 2 aromatic carbocycles. The number of carbonyl (C=O) groups is 2. The molecule has 0 radical (unpaired) electrons. The number of aromatic nitrogens is 1. The van der Waals surface area contributed by atoms with Crippen LogP contribution in [0.4, 0.5) is 11.5 Å². The summed E-state index contributed by atoms with van der Waals surface area (Å²) in [6.45, 7) is 6.88. The number of esters is 1. The molecule has 10 nitrogen and oxygen atoms in total. The summed E-state index contributed by atoms with van der Waals surface area (Å²) in [6, 6.07) is 14.3. The van der Waals surface area contributed by atoms with Crippen molar-refractivity contribution in [2.24, 2.45) is 0 Å². The first kappa shape index (κ1) is 28.3. The summed E-state index contributed by atoms with van der Waals surface area (Å²) >= 11 is 1.39. The van der Waals surface area contributed by atoms with Crippen molar-refractivity contribution in [3.05, 3.63) is 76.8 Å². The molecule has 0 spiro atoms. The molecule has 3 heterocycles. The number of hydrogen-bond acceptors (Lipinski definition) is 10. The molecule has 0 saturated carbocycles. The van der Waals surface area contributed by atoms with Crippen LogP contribution in [-0.2, 0) is 16.1 Å². The van der Waals surface area contributed by atoms with Gasteiger partial charge in [0.1, 0.15) is 30.5 Å². The molecule has 1 amide bonds. The number of anilines is 2. The van der Waals surface area contributed by atoms with Crippen LogP contribution in [0.3, 0.4) is 0 Å². The van der Waals surface area contributed by atoms with E-state index in [4.69, 9.17) is 24.7 Å². The van der Waals surface area contributed by atoms with Gasteiger partial charge < -0.3 is 30.0 Å². The molecule has 1 aliphatic rings. The van der Waals surface area contributed by atoms with Gasteiger partial charge in [0.15, 0.2) is 0 Å². The first-order valence-corrected chi connectivity index (χ1v) is 14.3. The Bertz CT molecular complexity index is 1520. The first-order chi connectivity index (χ1) is 20.0. The van der Waals surface area contributed by atoms with Crippen molar-refractivity contribution in [2.75, 3.05) is 57.1 Å². The Balaban J connectivity index is 1.20. The Morgan fingerprint density at radius 3 is 2.68 bits per heavy atom. The third-order valence-corrected chi connectivity index (χ3v) is 7.62. The maximum Gasteiger partial charge on any atom is 0.341 e. The second kappa shape index (κ2) is 13.4. The quantitative estimate of drug-likeness (QED) is 0.247. The molecule has 0 atom stereocenters. The number of morpholine rings is 1. The molecule has 1 fully saturated rings. The van der Waals surface area contributed by atoms with Crippen LogP contribution in [0.2, 0.25) is 0 Å². The minimum Gasteiger partial charge on any atom is -0.492 e. The first-order valence-electron chi connectivity index (χ1n) is 13.4. The molecular formula is C30H32N4O6S. The minimum atomic E-state index is -0.437. The van der Waals surface area contributed by atoms with Gasteiger partial charge in [0, 0.05) is 54.1 Å². The molecule has 0 unspecified atom stereocenters. The number of amides is 1. The zero-order valence-electron chi connectivity index (χ0n) is 22.8. The molecule has 1 aliphatic heterocycles. The number of nitrogens with zero attached hydrogens (tertiary/aromatic N) is 2. The number of fused-ring (bicyclic) bond motifs is 1. The summed E-state index contributed by atoms with van der Waals surface area (Å²) in [5, 5.41) is 5.50. The Morgan fingerprint density at radius 1 is 1.10 bits per heavy atom. The Labute approximate surface area is 242 Å². The molecule has 5 rings (SSSR count). The van der Waals surface area contributed by atoms with Crippen molar-refractivity contribution in [1.82, 2.24) is 9.88 Å². The number of carbonyl (C=O) groups excluding carboxylic acids is 2. The number of hydrogen-bond donors (Lipinski definition) is 2. The Hall–Kier alpha value is -4.19. The highest BCUT2D eigenvalue weighted by molar-refractivity contribution is 7.17. The third-order valence-electron chi connectivity index (χ3n) is 6.56. The van der Waals surface area contributed by atoms with Gasteiger partial charge in [-0.15, -0.1) is 11.3 Å². The lowest BCUT2D eigenvalue weighted by atomic mass is 10.1. The highest BCUT2D eigenvalue weighted by atomic mass is 32.1. The third kappa shape index (κ3) is 7.12. The maximum atomic E-state index is 13.0. The number of nitrogens with one attached hydrogen (secondary N) is 1. The summed E-state index contributed by atoms with van der Waals surface area (Å²) < 4.78 is 23.1. The monoisotopic (exact) mass is 576 g/mol. The molecular weight excluding hydrogens is 544 g/mol. The Morgan fingerprint density at radius 2 is 1.88 bits per heavy atom. The van der Waals surface area contributed by atoms with Gasteiger partial charge in [-0.25, -0.2) is 9.78 Å². The summed E-state index contributed by atoms with van der Waals surface area (Å²) in [5.74, 6) is 0.838. The zero-order valence-corrected chi connectivity index (χ0v) is 23.6. The number of nitrogens with two attached hydrogens (primary N) is 1. The van der Waals surface area contributed by atoms with E-state index >= 15 is 0 Å². The van der Waals surface area contributed by atoms with Crippen LogP contribution in [-0.4, -0.2) is 67.8 Å². The van der Waals surface area contributed by atoms with Gasteiger partial charge in [0.05, 0.1) is 30.1 Å². The normalized spacial score (nSPS) is 13.6. The van der Waals surface area contributed by atoms with Gasteiger partial charge in [0.25, 0.3) is 5.91 Å². The molecule has 11 heteroatoms. The number of benzene rings is 2. The number of thiophene rings is 1. The smallest absolute Gasteiger partial charge is 0.341 e. The van der Waals surface area contributed by atoms with Gasteiger partial charge in [0.2, 0.25) is 0 Å². The number of ether oxygens (including phenoxy) is 4. The van der Waals surface area contributed by atoms with Crippen molar-refractivity contribution < 1.29 is 28.5 Å². The van der Waals surface area contributed by atoms with Crippen molar-refractivity contribution in [2.45, 2.75) is 13.5 Å². The average molecular weight is 577 g/mol. The van der Waals surface area contributed by atoms with Crippen molar-refractivity contribution in [3.8, 4) is 11.5 Å².